The Kier molecular flexibility index (Phi) is 3.67. The Morgan fingerprint density at radius 2 is 1.76 bits per heavy atom. The van der Waals surface area contributed by atoms with Crippen molar-refractivity contribution in [3.8, 4) is 5.69 Å². The summed E-state index contributed by atoms with van der Waals surface area (Å²) in [4.78, 5) is 4.28. The molecule has 2 nitrogen and oxygen atoms in total. The first-order chi connectivity index (χ1) is 10.0. The fourth-order valence-electron chi connectivity index (χ4n) is 2.15. The van der Waals surface area contributed by atoms with E-state index < -0.39 is 17.5 Å². The molecule has 0 aliphatic heterocycles. The zero-order valence-electron chi connectivity index (χ0n) is 10.4. The van der Waals surface area contributed by atoms with Crippen LogP contribution in [0.1, 0.15) is 5.82 Å². The first kappa shape index (κ1) is 14.4. The molecule has 21 heavy (non-hydrogen) atoms. The molecule has 2 aromatic carbocycles. The average molecular weight is 376 g/mol. The summed E-state index contributed by atoms with van der Waals surface area (Å²) in [6.45, 7) is 0. The minimum atomic E-state index is -1.24. The number of imidazole rings is 1. The molecule has 108 valence electrons. The van der Waals surface area contributed by atoms with Crippen molar-refractivity contribution in [3.05, 3.63) is 58.1 Å². The molecular formula is C14H7BrClF3N2. The van der Waals surface area contributed by atoms with Crippen LogP contribution in [-0.2, 0) is 5.88 Å². The van der Waals surface area contributed by atoms with E-state index in [4.69, 9.17) is 11.6 Å². The molecule has 0 amide bonds. The third kappa shape index (κ3) is 2.42. The second-order valence-corrected chi connectivity index (χ2v) is 5.53. The highest BCUT2D eigenvalue weighted by atomic mass is 79.9. The van der Waals surface area contributed by atoms with Crippen molar-refractivity contribution in [2.75, 3.05) is 0 Å². The summed E-state index contributed by atoms with van der Waals surface area (Å²) in [6, 6.07) is 6.48. The molecule has 0 saturated carbocycles. The van der Waals surface area contributed by atoms with Gasteiger partial charge in [0.05, 0.1) is 22.6 Å². The van der Waals surface area contributed by atoms with Crippen molar-refractivity contribution < 1.29 is 13.2 Å². The number of hydrogen-bond acceptors (Lipinski definition) is 1. The standard InChI is InChI=1S/C14H7BrClF3N2/c15-7-1-2-12-11(3-7)20-14(6-16)21(12)13-5-9(18)8(17)4-10(13)19/h1-5H,6H2. The summed E-state index contributed by atoms with van der Waals surface area (Å²) < 4.78 is 42.7. The number of nitrogens with zero attached hydrogens (tertiary/aromatic N) is 2. The number of alkyl halides is 1. The lowest BCUT2D eigenvalue weighted by Crippen LogP contribution is -2.04. The molecule has 0 saturated heterocycles. The summed E-state index contributed by atoms with van der Waals surface area (Å²) >= 11 is 9.15. The van der Waals surface area contributed by atoms with Gasteiger partial charge in [-0.15, -0.1) is 11.6 Å². The third-order valence-corrected chi connectivity index (χ3v) is 3.77. The number of halogens is 5. The van der Waals surface area contributed by atoms with E-state index in [2.05, 4.69) is 20.9 Å². The second-order valence-electron chi connectivity index (χ2n) is 4.35. The lowest BCUT2D eigenvalue weighted by molar-refractivity contribution is 0.493. The molecule has 3 aromatic rings. The Morgan fingerprint density at radius 3 is 2.48 bits per heavy atom. The predicted molar refractivity (Wildman–Crippen MR) is 78.2 cm³/mol. The number of fused-ring (bicyclic) bond motifs is 1. The van der Waals surface area contributed by atoms with Crippen LogP contribution in [0.2, 0.25) is 0 Å². The molecule has 0 bridgehead atoms. The maximum Gasteiger partial charge on any atom is 0.161 e. The Balaban J connectivity index is 2.36. The minimum Gasteiger partial charge on any atom is -0.292 e. The van der Waals surface area contributed by atoms with E-state index in [-0.39, 0.29) is 11.6 Å². The molecule has 0 aliphatic rings. The molecule has 0 N–H and O–H groups in total. The van der Waals surface area contributed by atoms with Gasteiger partial charge in [0.15, 0.2) is 11.6 Å². The van der Waals surface area contributed by atoms with Crippen LogP contribution in [0.4, 0.5) is 13.2 Å². The number of hydrogen-bond donors (Lipinski definition) is 0. The van der Waals surface area contributed by atoms with Gasteiger partial charge in [0.25, 0.3) is 0 Å². The summed E-state index contributed by atoms with van der Waals surface area (Å²) in [5.41, 5.74) is 0.997. The van der Waals surface area contributed by atoms with Crippen molar-refractivity contribution in [2.45, 2.75) is 5.88 Å². The van der Waals surface area contributed by atoms with E-state index >= 15 is 0 Å². The van der Waals surface area contributed by atoms with Crippen molar-refractivity contribution in [1.82, 2.24) is 9.55 Å². The van der Waals surface area contributed by atoms with Gasteiger partial charge in [-0.1, -0.05) is 15.9 Å². The first-order valence-electron chi connectivity index (χ1n) is 5.89. The largest absolute Gasteiger partial charge is 0.292 e. The van der Waals surface area contributed by atoms with Crippen LogP contribution in [0, 0.1) is 17.5 Å². The molecule has 0 radical (unpaired) electrons. The third-order valence-electron chi connectivity index (χ3n) is 3.04. The normalized spacial score (nSPS) is 11.3. The lowest BCUT2D eigenvalue weighted by Gasteiger charge is -2.09. The SMILES string of the molecule is Fc1cc(F)c(-n2c(CCl)nc3cc(Br)ccc32)cc1F. The molecule has 0 aliphatic carbocycles. The van der Waals surface area contributed by atoms with Gasteiger partial charge in [-0.2, -0.15) is 0 Å². The average Bonchev–Trinajstić information content (AvgIpc) is 2.80. The minimum absolute atomic E-state index is 0.00470. The van der Waals surface area contributed by atoms with Crippen LogP contribution < -0.4 is 0 Å². The topological polar surface area (TPSA) is 17.8 Å². The van der Waals surface area contributed by atoms with Crippen molar-refractivity contribution in [3.63, 3.8) is 0 Å². The summed E-state index contributed by atoms with van der Waals surface area (Å²) in [5, 5.41) is 0. The van der Waals surface area contributed by atoms with Crippen LogP contribution in [0.3, 0.4) is 0 Å². The zero-order chi connectivity index (χ0) is 15.1. The Labute approximate surface area is 131 Å². The summed E-state index contributed by atoms with van der Waals surface area (Å²) in [5.74, 6) is -2.91. The van der Waals surface area contributed by atoms with Gasteiger partial charge in [-0.3, -0.25) is 4.57 Å². The van der Waals surface area contributed by atoms with E-state index in [1.807, 2.05) is 0 Å². The second kappa shape index (κ2) is 5.35. The van der Waals surface area contributed by atoms with E-state index in [9.17, 15) is 13.2 Å². The van der Waals surface area contributed by atoms with E-state index in [1.54, 1.807) is 18.2 Å². The fourth-order valence-corrected chi connectivity index (χ4v) is 2.67. The Bertz CT molecular complexity index is 848. The smallest absolute Gasteiger partial charge is 0.161 e. The first-order valence-corrected chi connectivity index (χ1v) is 7.22. The number of benzene rings is 2. The molecular weight excluding hydrogens is 369 g/mol. The summed E-state index contributed by atoms with van der Waals surface area (Å²) in [7, 11) is 0. The highest BCUT2D eigenvalue weighted by molar-refractivity contribution is 9.10. The van der Waals surface area contributed by atoms with Crippen molar-refractivity contribution in [1.29, 1.82) is 0 Å². The molecule has 0 fully saturated rings. The van der Waals surface area contributed by atoms with Gasteiger partial charge in [-0.25, -0.2) is 18.2 Å². The van der Waals surface area contributed by atoms with Crippen molar-refractivity contribution >= 4 is 38.6 Å². The molecule has 0 atom stereocenters. The van der Waals surface area contributed by atoms with Gasteiger partial charge >= 0.3 is 0 Å². The number of rotatable bonds is 2. The van der Waals surface area contributed by atoms with Crippen molar-refractivity contribution in [2.24, 2.45) is 0 Å². The molecule has 0 unspecified atom stereocenters. The molecule has 3 rings (SSSR count). The van der Waals surface area contributed by atoms with Crippen LogP contribution in [-0.4, -0.2) is 9.55 Å². The maximum absolute atomic E-state index is 14.0. The highest BCUT2D eigenvalue weighted by Gasteiger charge is 2.17. The van der Waals surface area contributed by atoms with Gasteiger partial charge < -0.3 is 0 Å². The summed E-state index contributed by atoms with van der Waals surface area (Å²) in [6.07, 6.45) is 0. The van der Waals surface area contributed by atoms with Crippen LogP contribution in [0.5, 0.6) is 0 Å². The maximum atomic E-state index is 14.0. The quantitative estimate of drug-likeness (QED) is 0.458. The van der Waals surface area contributed by atoms with Gasteiger partial charge in [0.1, 0.15) is 11.6 Å². The molecule has 1 heterocycles. The zero-order valence-corrected chi connectivity index (χ0v) is 12.7. The molecule has 7 heteroatoms. The lowest BCUT2D eigenvalue weighted by atomic mass is 10.2. The molecule has 1 aromatic heterocycles. The van der Waals surface area contributed by atoms with Crippen LogP contribution in [0.15, 0.2) is 34.8 Å². The Morgan fingerprint density at radius 1 is 1.05 bits per heavy atom. The van der Waals surface area contributed by atoms with E-state index in [1.165, 1.54) is 4.57 Å². The number of aromatic nitrogens is 2. The van der Waals surface area contributed by atoms with Crippen LogP contribution >= 0.6 is 27.5 Å². The Hall–Kier alpha value is -1.53. The fraction of sp³-hybridized carbons (Fsp3) is 0.0714. The van der Waals surface area contributed by atoms with Gasteiger partial charge in [0, 0.05) is 16.6 Å². The highest BCUT2D eigenvalue weighted by Crippen LogP contribution is 2.27. The van der Waals surface area contributed by atoms with Gasteiger partial charge in [-0.05, 0) is 18.2 Å². The molecule has 0 spiro atoms. The predicted octanol–water partition coefficient (Wildman–Crippen LogP) is 4.94. The monoisotopic (exact) mass is 374 g/mol. The van der Waals surface area contributed by atoms with E-state index in [0.29, 0.717) is 22.9 Å². The van der Waals surface area contributed by atoms with E-state index in [0.717, 1.165) is 10.5 Å². The van der Waals surface area contributed by atoms with Crippen LogP contribution in [0.25, 0.3) is 16.7 Å². The van der Waals surface area contributed by atoms with Gasteiger partial charge in [0.2, 0.25) is 0 Å².